The van der Waals surface area contributed by atoms with E-state index in [2.05, 4.69) is 31.2 Å². The molecule has 0 N–H and O–H groups in total. The monoisotopic (exact) mass is 275 g/mol. The second-order valence-corrected chi connectivity index (χ2v) is 6.65. The van der Waals surface area contributed by atoms with Crippen LogP contribution in [0.1, 0.15) is 52.0 Å². The SMILES string of the molecule is C[C@@H]1C[C@H](c2ccccc2)CCN1C(=O)OC(C)(C)C. The average Bonchev–Trinajstić information content (AvgIpc) is 2.37. The number of carbonyl (C=O) groups is 1. The largest absolute Gasteiger partial charge is 0.444 e. The minimum absolute atomic E-state index is 0.184. The fourth-order valence-electron chi connectivity index (χ4n) is 2.79. The number of benzene rings is 1. The molecular formula is C17H25NO2. The Bertz CT molecular complexity index is 450. The Morgan fingerprint density at radius 3 is 2.45 bits per heavy atom. The molecule has 1 saturated heterocycles. The topological polar surface area (TPSA) is 29.5 Å². The number of piperidine rings is 1. The number of hydrogen-bond donors (Lipinski definition) is 0. The van der Waals surface area contributed by atoms with E-state index in [0.717, 1.165) is 19.4 Å². The first-order valence-electron chi connectivity index (χ1n) is 7.41. The summed E-state index contributed by atoms with van der Waals surface area (Å²) in [5.74, 6) is 0.546. The van der Waals surface area contributed by atoms with Crippen molar-refractivity contribution in [2.75, 3.05) is 6.54 Å². The smallest absolute Gasteiger partial charge is 0.410 e. The molecule has 1 amide bonds. The van der Waals surface area contributed by atoms with Gasteiger partial charge >= 0.3 is 6.09 Å². The maximum absolute atomic E-state index is 12.2. The Hall–Kier alpha value is -1.51. The predicted octanol–water partition coefficient (Wildman–Crippen LogP) is 4.19. The van der Waals surface area contributed by atoms with Gasteiger partial charge in [0.1, 0.15) is 5.60 Å². The highest BCUT2D eigenvalue weighted by Gasteiger charge is 2.32. The van der Waals surface area contributed by atoms with Crippen LogP contribution in [-0.2, 0) is 4.74 Å². The molecule has 0 unspecified atom stereocenters. The molecule has 1 aliphatic heterocycles. The third-order valence-electron chi connectivity index (χ3n) is 3.78. The van der Waals surface area contributed by atoms with Crippen molar-refractivity contribution in [1.82, 2.24) is 4.90 Å². The first-order valence-corrected chi connectivity index (χ1v) is 7.41. The molecule has 1 fully saturated rings. The van der Waals surface area contributed by atoms with Crippen LogP contribution in [0.5, 0.6) is 0 Å². The highest BCUT2D eigenvalue weighted by molar-refractivity contribution is 5.68. The number of hydrogen-bond acceptors (Lipinski definition) is 2. The Morgan fingerprint density at radius 1 is 1.25 bits per heavy atom. The number of carbonyl (C=O) groups excluding carboxylic acids is 1. The third-order valence-corrected chi connectivity index (χ3v) is 3.78. The van der Waals surface area contributed by atoms with Gasteiger partial charge in [-0.3, -0.25) is 0 Å². The lowest BCUT2D eigenvalue weighted by molar-refractivity contribution is 0.0103. The van der Waals surface area contributed by atoms with Crippen LogP contribution in [0.15, 0.2) is 30.3 Å². The number of nitrogens with zero attached hydrogens (tertiary/aromatic N) is 1. The standard InChI is InChI=1S/C17H25NO2/c1-13-12-15(14-8-6-5-7-9-14)10-11-18(13)16(19)20-17(2,3)4/h5-9,13,15H,10-12H2,1-4H3/t13-,15-/m1/s1. The van der Waals surface area contributed by atoms with Crippen molar-refractivity contribution >= 4 is 6.09 Å². The van der Waals surface area contributed by atoms with E-state index in [1.165, 1.54) is 5.56 Å². The molecule has 110 valence electrons. The summed E-state index contributed by atoms with van der Waals surface area (Å²) in [7, 11) is 0. The first kappa shape index (κ1) is 14.9. The van der Waals surface area contributed by atoms with E-state index in [-0.39, 0.29) is 12.1 Å². The van der Waals surface area contributed by atoms with Gasteiger partial charge in [0, 0.05) is 12.6 Å². The van der Waals surface area contributed by atoms with Crippen molar-refractivity contribution in [2.45, 2.75) is 58.1 Å². The van der Waals surface area contributed by atoms with Gasteiger partial charge in [-0.1, -0.05) is 30.3 Å². The lowest BCUT2D eigenvalue weighted by atomic mass is 9.86. The molecule has 0 bridgehead atoms. The van der Waals surface area contributed by atoms with E-state index in [4.69, 9.17) is 4.74 Å². The Labute approximate surface area is 121 Å². The van der Waals surface area contributed by atoms with Crippen LogP contribution in [-0.4, -0.2) is 29.2 Å². The molecule has 2 rings (SSSR count). The van der Waals surface area contributed by atoms with Gasteiger partial charge in [0.2, 0.25) is 0 Å². The fraction of sp³-hybridized carbons (Fsp3) is 0.588. The normalized spacial score (nSPS) is 23.5. The molecule has 3 heteroatoms. The van der Waals surface area contributed by atoms with Crippen LogP contribution in [0, 0.1) is 0 Å². The van der Waals surface area contributed by atoms with Crippen LogP contribution in [0.4, 0.5) is 4.79 Å². The quantitative estimate of drug-likeness (QED) is 0.769. The van der Waals surface area contributed by atoms with Crippen LogP contribution < -0.4 is 0 Å². The zero-order valence-corrected chi connectivity index (χ0v) is 12.9. The molecule has 20 heavy (non-hydrogen) atoms. The van der Waals surface area contributed by atoms with Crippen LogP contribution in [0.25, 0.3) is 0 Å². The van der Waals surface area contributed by atoms with Crippen molar-refractivity contribution in [3.63, 3.8) is 0 Å². The van der Waals surface area contributed by atoms with Crippen LogP contribution in [0.3, 0.4) is 0 Å². The summed E-state index contributed by atoms with van der Waals surface area (Å²) >= 11 is 0. The second-order valence-electron chi connectivity index (χ2n) is 6.65. The van der Waals surface area contributed by atoms with E-state index < -0.39 is 5.60 Å². The molecule has 1 aliphatic rings. The Balaban J connectivity index is 1.98. The van der Waals surface area contributed by atoms with Gasteiger partial charge in [0.25, 0.3) is 0 Å². The van der Waals surface area contributed by atoms with Gasteiger partial charge in [-0.25, -0.2) is 4.79 Å². The van der Waals surface area contributed by atoms with Crippen LogP contribution >= 0.6 is 0 Å². The van der Waals surface area contributed by atoms with Gasteiger partial charge < -0.3 is 9.64 Å². The van der Waals surface area contributed by atoms with Crippen molar-refractivity contribution in [2.24, 2.45) is 0 Å². The zero-order valence-electron chi connectivity index (χ0n) is 12.9. The average molecular weight is 275 g/mol. The predicted molar refractivity (Wildman–Crippen MR) is 80.8 cm³/mol. The lowest BCUT2D eigenvalue weighted by Crippen LogP contribution is -2.46. The van der Waals surface area contributed by atoms with Crippen molar-refractivity contribution < 1.29 is 9.53 Å². The van der Waals surface area contributed by atoms with E-state index in [1.807, 2.05) is 31.7 Å². The Kier molecular flexibility index (Phi) is 4.36. The number of amides is 1. The second kappa shape index (κ2) is 5.86. The van der Waals surface area contributed by atoms with Gasteiger partial charge in [0.05, 0.1) is 0 Å². The number of rotatable bonds is 1. The highest BCUT2D eigenvalue weighted by Crippen LogP contribution is 2.32. The molecule has 0 saturated carbocycles. The lowest BCUT2D eigenvalue weighted by Gasteiger charge is -2.38. The number of likely N-dealkylation sites (tertiary alicyclic amines) is 1. The zero-order chi connectivity index (χ0) is 14.8. The van der Waals surface area contributed by atoms with Gasteiger partial charge in [-0.2, -0.15) is 0 Å². The molecule has 0 spiro atoms. The molecule has 2 atom stereocenters. The summed E-state index contributed by atoms with van der Waals surface area (Å²) in [4.78, 5) is 14.0. The maximum Gasteiger partial charge on any atom is 0.410 e. The van der Waals surface area contributed by atoms with E-state index in [9.17, 15) is 4.79 Å². The number of ether oxygens (including phenoxy) is 1. The Morgan fingerprint density at radius 2 is 1.90 bits per heavy atom. The van der Waals surface area contributed by atoms with Crippen molar-refractivity contribution in [3.05, 3.63) is 35.9 Å². The maximum atomic E-state index is 12.2. The minimum Gasteiger partial charge on any atom is -0.444 e. The summed E-state index contributed by atoms with van der Waals surface area (Å²) in [6, 6.07) is 10.8. The molecule has 0 aromatic heterocycles. The highest BCUT2D eigenvalue weighted by atomic mass is 16.6. The van der Waals surface area contributed by atoms with Crippen molar-refractivity contribution in [3.8, 4) is 0 Å². The van der Waals surface area contributed by atoms with E-state index in [1.54, 1.807) is 0 Å². The van der Waals surface area contributed by atoms with Gasteiger partial charge in [-0.05, 0) is 52.0 Å². The summed E-state index contributed by atoms with van der Waals surface area (Å²) < 4.78 is 5.48. The third kappa shape index (κ3) is 3.75. The summed E-state index contributed by atoms with van der Waals surface area (Å²) in [5, 5.41) is 0. The molecular weight excluding hydrogens is 250 g/mol. The van der Waals surface area contributed by atoms with Gasteiger partial charge in [-0.15, -0.1) is 0 Å². The van der Waals surface area contributed by atoms with E-state index in [0.29, 0.717) is 5.92 Å². The first-order chi connectivity index (χ1) is 9.37. The molecule has 1 aromatic rings. The van der Waals surface area contributed by atoms with Gasteiger partial charge in [0.15, 0.2) is 0 Å². The summed E-state index contributed by atoms with van der Waals surface area (Å²) in [5.41, 5.74) is 0.954. The fourth-order valence-corrected chi connectivity index (χ4v) is 2.79. The molecule has 0 radical (unpaired) electrons. The molecule has 3 nitrogen and oxygen atoms in total. The van der Waals surface area contributed by atoms with Crippen LogP contribution in [0.2, 0.25) is 0 Å². The minimum atomic E-state index is -0.424. The van der Waals surface area contributed by atoms with Crippen molar-refractivity contribution in [1.29, 1.82) is 0 Å². The molecule has 1 heterocycles. The summed E-state index contributed by atoms with van der Waals surface area (Å²) in [6.45, 7) is 8.61. The molecule has 1 aromatic carbocycles. The molecule has 0 aliphatic carbocycles. The summed E-state index contributed by atoms with van der Waals surface area (Å²) in [6.07, 6.45) is 1.83. The van der Waals surface area contributed by atoms with E-state index >= 15 is 0 Å².